The molecule has 1 amide bonds. The van der Waals surface area contributed by atoms with Gasteiger partial charge < -0.3 is 5.32 Å². The van der Waals surface area contributed by atoms with Crippen LogP contribution in [0, 0.1) is 0 Å². The van der Waals surface area contributed by atoms with Crippen LogP contribution in [-0.4, -0.2) is 22.6 Å². The molecule has 7 heteroatoms. The molecule has 0 atom stereocenters. The van der Waals surface area contributed by atoms with E-state index in [-0.39, 0.29) is 11.5 Å². The minimum Gasteiger partial charge on any atom is -0.356 e. The number of carbonyl (C=O) groups excluding carboxylic acids is 1. The highest BCUT2D eigenvalue weighted by atomic mass is 19.4. The number of rotatable bonds is 4. The summed E-state index contributed by atoms with van der Waals surface area (Å²) >= 11 is 0. The summed E-state index contributed by atoms with van der Waals surface area (Å²) in [4.78, 5) is 10.5. The van der Waals surface area contributed by atoms with E-state index < -0.39 is 11.9 Å². The zero-order valence-electron chi connectivity index (χ0n) is 9.14. The molecule has 0 aliphatic carbocycles. The fourth-order valence-corrected chi connectivity index (χ4v) is 1.19. The summed E-state index contributed by atoms with van der Waals surface area (Å²) < 4.78 is 37.2. The molecule has 0 aromatic carbocycles. The molecule has 0 bridgehead atoms. The molecule has 4 nitrogen and oxygen atoms in total. The first-order valence-electron chi connectivity index (χ1n) is 4.93. The van der Waals surface area contributed by atoms with Crippen molar-refractivity contribution in [3.63, 3.8) is 0 Å². The number of aromatic amines is 1. The van der Waals surface area contributed by atoms with E-state index in [0.717, 1.165) is 6.20 Å². The second-order valence-electron chi connectivity index (χ2n) is 3.37. The lowest BCUT2D eigenvalue weighted by Gasteiger charge is -2.03. The van der Waals surface area contributed by atoms with Crippen LogP contribution in [0.15, 0.2) is 12.3 Å². The van der Waals surface area contributed by atoms with Gasteiger partial charge in [0.2, 0.25) is 5.91 Å². The average molecular weight is 247 g/mol. The van der Waals surface area contributed by atoms with Crippen molar-refractivity contribution in [1.29, 1.82) is 0 Å². The van der Waals surface area contributed by atoms with Crippen LogP contribution in [0.2, 0.25) is 0 Å². The SMILES string of the molecule is CC(=O)NCCC=Cc1cn[nH]c1C(F)(F)F. The van der Waals surface area contributed by atoms with Crippen molar-refractivity contribution in [2.24, 2.45) is 0 Å². The zero-order valence-corrected chi connectivity index (χ0v) is 9.14. The second-order valence-corrected chi connectivity index (χ2v) is 3.37. The van der Waals surface area contributed by atoms with Gasteiger partial charge in [0.1, 0.15) is 5.69 Å². The quantitative estimate of drug-likeness (QED) is 0.799. The molecule has 0 saturated carbocycles. The Kier molecular flexibility index (Phi) is 4.30. The van der Waals surface area contributed by atoms with Crippen molar-refractivity contribution < 1.29 is 18.0 Å². The summed E-state index contributed by atoms with van der Waals surface area (Å²) in [7, 11) is 0. The molecular weight excluding hydrogens is 235 g/mol. The summed E-state index contributed by atoms with van der Waals surface area (Å²) in [5, 5.41) is 7.79. The van der Waals surface area contributed by atoms with Gasteiger partial charge in [-0.3, -0.25) is 9.89 Å². The molecule has 0 aliphatic rings. The number of nitrogens with zero attached hydrogens (tertiary/aromatic N) is 1. The third kappa shape index (κ3) is 4.29. The Morgan fingerprint density at radius 2 is 2.29 bits per heavy atom. The topological polar surface area (TPSA) is 57.8 Å². The maximum atomic E-state index is 12.4. The monoisotopic (exact) mass is 247 g/mol. The Morgan fingerprint density at radius 1 is 1.59 bits per heavy atom. The predicted molar refractivity (Wildman–Crippen MR) is 55.9 cm³/mol. The van der Waals surface area contributed by atoms with Crippen molar-refractivity contribution in [3.8, 4) is 0 Å². The summed E-state index contributed by atoms with van der Waals surface area (Å²) in [6, 6.07) is 0. The Hall–Kier alpha value is -1.79. The Balaban J connectivity index is 2.54. The van der Waals surface area contributed by atoms with Crippen LogP contribution in [0.4, 0.5) is 13.2 Å². The average Bonchev–Trinajstić information content (AvgIpc) is 2.64. The standard InChI is InChI=1S/C10H12F3N3O/c1-7(17)14-5-3-2-4-8-6-15-16-9(8)10(11,12)13/h2,4,6H,3,5H2,1H3,(H,14,17)(H,15,16). The molecular formula is C10H12F3N3O. The maximum absolute atomic E-state index is 12.4. The number of nitrogens with one attached hydrogen (secondary N) is 2. The third-order valence-corrected chi connectivity index (χ3v) is 1.93. The van der Waals surface area contributed by atoms with E-state index in [2.05, 4.69) is 10.4 Å². The van der Waals surface area contributed by atoms with E-state index >= 15 is 0 Å². The molecule has 1 rings (SSSR count). The molecule has 1 aromatic rings. The number of hydrogen-bond donors (Lipinski definition) is 2. The first kappa shape index (κ1) is 13.3. The van der Waals surface area contributed by atoms with Gasteiger partial charge in [0.05, 0.1) is 6.20 Å². The predicted octanol–water partition coefficient (Wildman–Crippen LogP) is 1.97. The van der Waals surface area contributed by atoms with Crippen molar-refractivity contribution in [2.45, 2.75) is 19.5 Å². The minimum atomic E-state index is -4.44. The number of amides is 1. The molecule has 1 heterocycles. The highest BCUT2D eigenvalue weighted by molar-refractivity contribution is 5.72. The number of hydrogen-bond acceptors (Lipinski definition) is 2. The van der Waals surface area contributed by atoms with Gasteiger partial charge in [0, 0.05) is 19.0 Å². The van der Waals surface area contributed by atoms with Crippen LogP contribution < -0.4 is 5.32 Å². The van der Waals surface area contributed by atoms with Crippen molar-refractivity contribution >= 4 is 12.0 Å². The Morgan fingerprint density at radius 3 is 2.88 bits per heavy atom. The van der Waals surface area contributed by atoms with Gasteiger partial charge in [-0.25, -0.2) is 0 Å². The van der Waals surface area contributed by atoms with E-state index in [1.165, 1.54) is 13.0 Å². The van der Waals surface area contributed by atoms with Gasteiger partial charge in [-0.1, -0.05) is 12.2 Å². The molecule has 2 N–H and O–H groups in total. The van der Waals surface area contributed by atoms with Gasteiger partial charge in [-0.2, -0.15) is 18.3 Å². The van der Waals surface area contributed by atoms with Gasteiger partial charge >= 0.3 is 6.18 Å². The van der Waals surface area contributed by atoms with Crippen molar-refractivity contribution in [3.05, 3.63) is 23.5 Å². The van der Waals surface area contributed by atoms with Gasteiger partial charge in [0.15, 0.2) is 0 Å². The first-order chi connectivity index (χ1) is 7.91. The Bertz CT molecular complexity index is 409. The van der Waals surface area contributed by atoms with E-state index in [1.54, 1.807) is 6.08 Å². The molecule has 1 aromatic heterocycles. The fourth-order valence-electron chi connectivity index (χ4n) is 1.19. The first-order valence-corrected chi connectivity index (χ1v) is 4.93. The molecule has 0 spiro atoms. The van der Waals surface area contributed by atoms with Crippen LogP contribution in [0.3, 0.4) is 0 Å². The lowest BCUT2D eigenvalue weighted by molar-refractivity contribution is -0.141. The molecule has 0 radical (unpaired) electrons. The molecule has 0 aliphatic heterocycles. The fraction of sp³-hybridized carbons (Fsp3) is 0.400. The van der Waals surface area contributed by atoms with Crippen LogP contribution >= 0.6 is 0 Å². The number of carbonyl (C=O) groups is 1. The van der Waals surface area contributed by atoms with E-state index in [0.29, 0.717) is 13.0 Å². The number of H-pyrrole nitrogens is 1. The highest BCUT2D eigenvalue weighted by Gasteiger charge is 2.34. The molecule has 94 valence electrons. The second kappa shape index (κ2) is 5.51. The van der Waals surface area contributed by atoms with Gasteiger partial charge in [-0.05, 0) is 6.42 Å². The van der Waals surface area contributed by atoms with Crippen molar-refractivity contribution in [2.75, 3.05) is 6.54 Å². The molecule has 0 unspecified atom stereocenters. The maximum Gasteiger partial charge on any atom is 0.433 e. The molecule has 0 saturated heterocycles. The lowest BCUT2D eigenvalue weighted by Crippen LogP contribution is -2.20. The van der Waals surface area contributed by atoms with E-state index in [4.69, 9.17) is 0 Å². The molecule has 0 fully saturated rings. The third-order valence-electron chi connectivity index (χ3n) is 1.93. The lowest BCUT2D eigenvalue weighted by atomic mass is 10.2. The summed E-state index contributed by atoms with van der Waals surface area (Å²) in [6.45, 7) is 1.77. The van der Waals surface area contributed by atoms with Gasteiger partial charge in [-0.15, -0.1) is 0 Å². The summed E-state index contributed by atoms with van der Waals surface area (Å²) in [6.07, 6.45) is 0.0117. The highest BCUT2D eigenvalue weighted by Crippen LogP contribution is 2.30. The van der Waals surface area contributed by atoms with Crippen LogP contribution in [-0.2, 0) is 11.0 Å². The largest absolute Gasteiger partial charge is 0.433 e. The smallest absolute Gasteiger partial charge is 0.356 e. The van der Waals surface area contributed by atoms with Gasteiger partial charge in [0.25, 0.3) is 0 Å². The minimum absolute atomic E-state index is 0.0136. The molecule has 17 heavy (non-hydrogen) atoms. The zero-order chi connectivity index (χ0) is 12.9. The summed E-state index contributed by atoms with van der Waals surface area (Å²) in [5.74, 6) is -0.169. The number of alkyl halides is 3. The van der Waals surface area contributed by atoms with E-state index in [9.17, 15) is 18.0 Å². The summed E-state index contributed by atoms with van der Waals surface area (Å²) in [5.41, 5.74) is -0.881. The Labute approximate surface area is 95.9 Å². The van der Waals surface area contributed by atoms with Crippen LogP contribution in [0.1, 0.15) is 24.6 Å². The van der Waals surface area contributed by atoms with E-state index in [1.807, 2.05) is 5.10 Å². The normalized spacial score (nSPS) is 12.0. The van der Waals surface area contributed by atoms with Crippen molar-refractivity contribution in [1.82, 2.24) is 15.5 Å². The van der Waals surface area contributed by atoms with Crippen LogP contribution in [0.25, 0.3) is 6.08 Å². The number of halogens is 3. The van der Waals surface area contributed by atoms with Crippen LogP contribution in [0.5, 0.6) is 0 Å². The number of aromatic nitrogens is 2.